The van der Waals surface area contributed by atoms with Crippen LogP contribution in [-0.2, 0) is 18.6 Å². The molecule has 0 saturated carbocycles. The van der Waals surface area contributed by atoms with Gasteiger partial charge in [-0.05, 0) is 60.7 Å². The highest BCUT2D eigenvalue weighted by Crippen LogP contribution is 2.40. The zero-order valence-corrected chi connectivity index (χ0v) is 29.4. The van der Waals surface area contributed by atoms with Crippen molar-refractivity contribution in [1.29, 1.82) is 0 Å². The normalized spacial score (nSPS) is 16.7. The Labute approximate surface area is 307 Å². The molecule has 2 aromatic heterocycles. The van der Waals surface area contributed by atoms with Crippen molar-refractivity contribution < 1.29 is 37.0 Å². The van der Waals surface area contributed by atoms with Gasteiger partial charge in [-0.3, -0.25) is 14.7 Å². The number of terminal acetylenes is 1. The molecule has 0 spiro atoms. The number of carbonyl (C=O) groups excluding carboxylic acids is 2. The van der Waals surface area contributed by atoms with Crippen LogP contribution in [0, 0.1) is 18.2 Å². The molecule has 2 amide bonds. The molecule has 7 rings (SSSR count). The van der Waals surface area contributed by atoms with E-state index in [1.54, 1.807) is 23.1 Å². The Morgan fingerprint density at radius 2 is 1.87 bits per heavy atom. The van der Waals surface area contributed by atoms with Gasteiger partial charge in [-0.15, -0.1) is 6.42 Å². The number of halogens is 2. The van der Waals surface area contributed by atoms with E-state index in [1.807, 2.05) is 4.90 Å². The van der Waals surface area contributed by atoms with E-state index < -0.39 is 33.5 Å². The van der Waals surface area contributed by atoms with Gasteiger partial charge in [0.15, 0.2) is 12.4 Å². The number of fused-ring (bicyclic) bond motifs is 4. The topological polar surface area (TPSA) is 164 Å². The summed E-state index contributed by atoms with van der Waals surface area (Å²) in [4.78, 5) is 42.7. The third-order valence-electron chi connectivity index (χ3n) is 9.08. The van der Waals surface area contributed by atoms with Crippen molar-refractivity contribution in [3.05, 3.63) is 84.8 Å². The molecule has 2 aliphatic rings. The number of hydrogen-bond donors (Lipinski definition) is 2. The lowest BCUT2D eigenvalue weighted by Gasteiger charge is -2.41. The summed E-state index contributed by atoms with van der Waals surface area (Å²) in [6, 6.07) is 12.5. The van der Waals surface area contributed by atoms with Gasteiger partial charge in [-0.2, -0.15) is 9.97 Å². The van der Waals surface area contributed by atoms with Gasteiger partial charge in [0.05, 0.1) is 22.4 Å². The maximum Gasteiger partial charge on any atom is 0.410 e. The maximum atomic E-state index is 16.9. The number of ether oxygens (including phenoxy) is 2. The average Bonchev–Trinajstić information content (AvgIpc) is 3.41. The number of anilines is 2. The van der Waals surface area contributed by atoms with Gasteiger partial charge in [-0.1, -0.05) is 30.7 Å². The number of carbonyl (C=O) groups is 2. The fourth-order valence-corrected chi connectivity index (χ4v) is 7.61. The predicted octanol–water partition coefficient (Wildman–Crippen LogP) is 5.59. The standard InChI is InChI=1S/C37H30ClFN6O7S/c1-3-14-51-37(48)45-24-10-11-25(45)19-44(18-24)35-29-17-40-33(28-16-26(46)15-22-7-5-6-21(4-2)31(22)28)32(39)34(29)42-36(43-35)52-20-30(47)41-23-8-12-27(13-9-23)53(38,49)50/h2-3,5-9,12-13,15-17,24-25,46H,1,10-11,14,18-20H2,(H,41,47)/t24-,25+. The highest BCUT2D eigenvalue weighted by Gasteiger charge is 2.44. The fourth-order valence-electron chi connectivity index (χ4n) is 6.84. The third kappa shape index (κ3) is 6.98. The van der Waals surface area contributed by atoms with Crippen molar-refractivity contribution in [3.8, 4) is 35.4 Å². The van der Waals surface area contributed by atoms with E-state index in [2.05, 4.69) is 32.8 Å². The number of aromatic hydroxyl groups is 1. The van der Waals surface area contributed by atoms with Gasteiger partial charge < -0.3 is 24.8 Å². The minimum absolute atomic E-state index is 0.0779. The lowest BCUT2D eigenvalue weighted by Crippen LogP contribution is -2.56. The van der Waals surface area contributed by atoms with Crippen LogP contribution >= 0.6 is 10.7 Å². The van der Waals surface area contributed by atoms with Crippen LogP contribution < -0.4 is 15.0 Å². The number of nitrogens with zero attached hydrogens (tertiary/aromatic N) is 5. The van der Waals surface area contributed by atoms with Crippen molar-refractivity contribution in [3.63, 3.8) is 0 Å². The molecule has 2 saturated heterocycles. The lowest BCUT2D eigenvalue weighted by molar-refractivity contribution is -0.118. The Kier molecular flexibility index (Phi) is 9.50. The molecule has 270 valence electrons. The Morgan fingerprint density at radius 1 is 1.13 bits per heavy atom. The van der Waals surface area contributed by atoms with E-state index in [9.17, 15) is 23.1 Å². The lowest BCUT2D eigenvalue weighted by atomic mass is 9.96. The number of phenolic OH excluding ortho intramolecular Hbond substituents is 1. The first-order valence-corrected chi connectivity index (χ1v) is 18.6. The minimum atomic E-state index is -3.95. The van der Waals surface area contributed by atoms with Crippen molar-refractivity contribution in [1.82, 2.24) is 19.9 Å². The SMILES string of the molecule is C#Cc1cccc2cc(O)cc(-c3ncc4c(N5C[C@H]6CC[C@@H](C5)N6C(=O)OCC=C)nc(OCC(=O)Nc5ccc(S(=O)(=O)Cl)cc5)nc4c3F)c12. The van der Waals surface area contributed by atoms with Crippen LogP contribution in [0.4, 0.5) is 20.7 Å². The van der Waals surface area contributed by atoms with Crippen molar-refractivity contribution >= 4 is 64.9 Å². The Hall–Kier alpha value is -5.98. The van der Waals surface area contributed by atoms with Crippen LogP contribution in [0.2, 0.25) is 0 Å². The largest absolute Gasteiger partial charge is 0.508 e. The molecule has 2 aliphatic heterocycles. The summed E-state index contributed by atoms with van der Waals surface area (Å²) in [5, 5.41) is 14.5. The number of pyridine rings is 1. The minimum Gasteiger partial charge on any atom is -0.508 e. The molecular formula is C37H30ClFN6O7S. The van der Waals surface area contributed by atoms with Crippen LogP contribution in [0.3, 0.4) is 0 Å². The van der Waals surface area contributed by atoms with Crippen LogP contribution in [0.15, 0.2) is 78.3 Å². The first kappa shape index (κ1) is 35.4. The molecule has 2 atom stereocenters. The van der Waals surface area contributed by atoms with Crippen LogP contribution in [-0.4, -0.2) is 83.8 Å². The summed E-state index contributed by atoms with van der Waals surface area (Å²) in [6.45, 7) is 3.77. The predicted molar refractivity (Wildman–Crippen MR) is 196 cm³/mol. The summed E-state index contributed by atoms with van der Waals surface area (Å²) in [5.74, 6) is 1.29. The fraction of sp³-hybridized carbons (Fsp3) is 0.216. The first-order chi connectivity index (χ1) is 25.4. The highest BCUT2D eigenvalue weighted by molar-refractivity contribution is 8.13. The summed E-state index contributed by atoms with van der Waals surface area (Å²) in [7, 11) is 1.42. The van der Waals surface area contributed by atoms with Gasteiger partial charge in [-0.25, -0.2) is 17.6 Å². The number of piperazine rings is 1. The number of phenols is 1. The highest BCUT2D eigenvalue weighted by atomic mass is 35.7. The summed E-state index contributed by atoms with van der Waals surface area (Å²) < 4.78 is 51.1. The number of aromatic nitrogens is 3. The van der Waals surface area contributed by atoms with Crippen molar-refractivity contribution in [2.24, 2.45) is 0 Å². The van der Waals surface area contributed by atoms with E-state index in [1.165, 1.54) is 48.7 Å². The number of benzene rings is 3. The molecule has 2 N–H and O–H groups in total. The number of hydrogen-bond acceptors (Lipinski definition) is 11. The molecule has 16 heteroatoms. The van der Waals surface area contributed by atoms with Gasteiger partial charge in [0.1, 0.15) is 29.4 Å². The molecule has 0 unspecified atom stereocenters. The second kappa shape index (κ2) is 14.2. The first-order valence-electron chi connectivity index (χ1n) is 16.3. The van der Waals surface area contributed by atoms with E-state index in [4.69, 9.17) is 26.6 Å². The molecule has 2 bridgehead atoms. The molecule has 13 nitrogen and oxygen atoms in total. The molecule has 2 fully saturated rings. The van der Waals surface area contributed by atoms with Gasteiger partial charge in [0.25, 0.3) is 15.0 Å². The second-order valence-corrected chi connectivity index (χ2v) is 15.0. The van der Waals surface area contributed by atoms with Crippen LogP contribution in [0.1, 0.15) is 18.4 Å². The summed E-state index contributed by atoms with van der Waals surface area (Å²) in [6.07, 6.45) is 9.71. The third-order valence-corrected chi connectivity index (χ3v) is 10.5. The van der Waals surface area contributed by atoms with Crippen molar-refractivity contribution in [2.75, 3.05) is 36.5 Å². The second-order valence-electron chi connectivity index (χ2n) is 12.4. The van der Waals surface area contributed by atoms with Crippen LogP contribution in [0.5, 0.6) is 11.8 Å². The molecule has 3 aromatic carbocycles. The van der Waals surface area contributed by atoms with Crippen molar-refractivity contribution in [2.45, 2.75) is 29.8 Å². The smallest absolute Gasteiger partial charge is 0.410 e. The molecule has 53 heavy (non-hydrogen) atoms. The van der Waals surface area contributed by atoms with Gasteiger partial charge in [0, 0.05) is 52.2 Å². The Bertz CT molecular complexity index is 2450. The Morgan fingerprint density at radius 3 is 2.55 bits per heavy atom. The van der Waals surface area contributed by atoms with Gasteiger partial charge in [0.2, 0.25) is 0 Å². The zero-order chi connectivity index (χ0) is 37.4. The zero-order valence-electron chi connectivity index (χ0n) is 27.8. The van der Waals surface area contributed by atoms with Gasteiger partial charge >= 0.3 is 12.1 Å². The molecule has 5 aromatic rings. The molecule has 0 radical (unpaired) electrons. The Balaban J connectivity index is 1.26. The maximum absolute atomic E-state index is 16.9. The van der Waals surface area contributed by atoms with E-state index in [0.717, 1.165) is 0 Å². The number of nitrogens with one attached hydrogen (secondary N) is 1. The summed E-state index contributed by atoms with van der Waals surface area (Å²) >= 11 is 0. The molecular weight excluding hydrogens is 727 g/mol. The average molecular weight is 757 g/mol. The van der Waals surface area contributed by atoms with E-state index >= 15 is 4.39 Å². The van der Waals surface area contributed by atoms with E-state index in [0.29, 0.717) is 42.3 Å². The quantitative estimate of drug-likeness (QED) is 0.109. The molecule has 0 aliphatic carbocycles. The van der Waals surface area contributed by atoms with E-state index in [-0.39, 0.29) is 69.0 Å². The van der Waals surface area contributed by atoms with Crippen LogP contribution in [0.25, 0.3) is 32.9 Å². The molecule has 4 heterocycles. The number of rotatable bonds is 9. The number of amides is 2. The monoisotopic (exact) mass is 756 g/mol. The summed E-state index contributed by atoms with van der Waals surface area (Å²) in [5.41, 5.74) is 0.688.